The van der Waals surface area contributed by atoms with Crippen LogP contribution in [0.3, 0.4) is 0 Å². The molecule has 29 heavy (non-hydrogen) atoms. The molecule has 1 aliphatic rings. The zero-order chi connectivity index (χ0) is 20.8. The van der Waals surface area contributed by atoms with Crippen molar-refractivity contribution in [3.05, 3.63) is 78.8 Å². The number of ketones is 1. The van der Waals surface area contributed by atoms with Crippen molar-refractivity contribution in [1.82, 2.24) is 10.1 Å². The number of likely N-dealkylation sites (tertiary alicyclic amines) is 1. The van der Waals surface area contributed by atoms with E-state index >= 15 is 0 Å². The van der Waals surface area contributed by atoms with E-state index < -0.39 is 0 Å². The molecule has 152 valence electrons. The monoisotopic (exact) mass is 394 g/mol. The number of carbonyl (C=O) groups excluding carboxylic acids is 1. The number of rotatable bonds is 5. The Bertz CT molecular complexity index is 943. The Morgan fingerprint density at radius 2 is 1.83 bits per heavy atom. The van der Waals surface area contributed by atoms with E-state index in [0.29, 0.717) is 11.5 Å². The summed E-state index contributed by atoms with van der Waals surface area (Å²) in [5.74, 6) is 0.103. The molecule has 0 spiro atoms. The number of piperidine rings is 1. The molecule has 1 aliphatic heterocycles. The quantitative estimate of drug-likeness (QED) is 0.417. The summed E-state index contributed by atoms with van der Waals surface area (Å²) in [5.41, 5.74) is 2.43. The molecule has 1 fully saturated rings. The number of Topliss-reactive ketones (excluding diaryl/α,β-unsaturated/α-hetero) is 1. The first-order valence-electron chi connectivity index (χ1n) is 10.1. The molecule has 1 unspecified atom stereocenters. The van der Waals surface area contributed by atoms with Gasteiger partial charge < -0.3 is 4.52 Å². The zero-order valence-corrected chi connectivity index (χ0v) is 16.8. The number of halogens is 1. The molecule has 2 aromatic carbocycles. The summed E-state index contributed by atoms with van der Waals surface area (Å²) in [7, 11) is 0. The van der Waals surface area contributed by atoms with Crippen molar-refractivity contribution in [2.45, 2.75) is 38.1 Å². The van der Waals surface area contributed by atoms with Crippen molar-refractivity contribution in [2.75, 3.05) is 13.1 Å². The van der Waals surface area contributed by atoms with Crippen molar-refractivity contribution >= 4 is 16.8 Å². The van der Waals surface area contributed by atoms with Crippen LogP contribution < -0.4 is 0 Å². The van der Waals surface area contributed by atoms with E-state index in [1.54, 1.807) is 12.1 Å². The van der Waals surface area contributed by atoms with Gasteiger partial charge in [0.2, 0.25) is 0 Å². The summed E-state index contributed by atoms with van der Waals surface area (Å²) in [4.78, 5) is 15.1. The van der Waals surface area contributed by atoms with Gasteiger partial charge in [0.15, 0.2) is 11.4 Å². The summed E-state index contributed by atoms with van der Waals surface area (Å²) >= 11 is 0. The van der Waals surface area contributed by atoms with Crippen LogP contribution in [0.25, 0.3) is 11.0 Å². The number of nitrogens with zero attached hydrogens (tertiary/aromatic N) is 2. The maximum Gasteiger partial charge on any atom is 0.179 e. The lowest BCUT2D eigenvalue weighted by Gasteiger charge is -2.36. The molecule has 5 heteroatoms. The van der Waals surface area contributed by atoms with E-state index in [2.05, 4.69) is 29.3 Å². The van der Waals surface area contributed by atoms with Crippen LogP contribution in [0.4, 0.5) is 4.39 Å². The zero-order valence-electron chi connectivity index (χ0n) is 16.8. The van der Waals surface area contributed by atoms with Gasteiger partial charge >= 0.3 is 0 Å². The Labute approximate surface area is 171 Å². The minimum Gasteiger partial charge on any atom is -0.356 e. The largest absolute Gasteiger partial charge is 0.356 e. The third-order valence-corrected chi connectivity index (χ3v) is 5.58. The summed E-state index contributed by atoms with van der Waals surface area (Å²) in [5, 5.41) is 5.39. The lowest BCUT2D eigenvalue weighted by Crippen LogP contribution is -2.45. The lowest BCUT2D eigenvalue weighted by atomic mass is 9.89. The molecule has 4 rings (SSSR count). The highest BCUT2D eigenvalue weighted by Gasteiger charge is 2.31. The summed E-state index contributed by atoms with van der Waals surface area (Å²) in [6.45, 7) is 9.72. The van der Waals surface area contributed by atoms with Gasteiger partial charge in [-0.15, -0.1) is 13.2 Å². The Kier molecular flexibility index (Phi) is 6.94. The number of aromatic nitrogens is 1. The van der Waals surface area contributed by atoms with Gasteiger partial charge in [-0.05, 0) is 68.8 Å². The van der Waals surface area contributed by atoms with Crippen LogP contribution in [0.15, 0.2) is 66.2 Å². The molecule has 0 saturated carbocycles. The summed E-state index contributed by atoms with van der Waals surface area (Å²) < 4.78 is 18.6. The van der Waals surface area contributed by atoms with Gasteiger partial charge in [0, 0.05) is 16.9 Å². The first-order chi connectivity index (χ1) is 14.2. The SMILES string of the molecule is C=C.CCC(C(=O)c1ccc(F)cc1)N1CCC(c2noc3ccccc23)CC1. The molecule has 1 saturated heterocycles. The van der Waals surface area contributed by atoms with E-state index in [1.807, 2.05) is 25.1 Å². The molecule has 0 bridgehead atoms. The van der Waals surface area contributed by atoms with E-state index in [9.17, 15) is 9.18 Å². The number of carbonyl (C=O) groups is 1. The number of fused-ring (bicyclic) bond motifs is 1. The second-order valence-electron chi connectivity index (χ2n) is 7.17. The van der Waals surface area contributed by atoms with Crippen LogP contribution in [0.2, 0.25) is 0 Å². The van der Waals surface area contributed by atoms with E-state index in [4.69, 9.17) is 4.52 Å². The predicted molar refractivity (Wildman–Crippen MR) is 114 cm³/mol. The Balaban J connectivity index is 0.00000117. The van der Waals surface area contributed by atoms with Crippen molar-refractivity contribution in [2.24, 2.45) is 0 Å². The minimum atomic E-state index is -0.319. The fraction of sp³-hybridized carbons (Fsp3) is 0.333. The van der Waals surface area contributed by atoms with Crippen molar-refractivity contribution in [3.8, 4) is 0 Å². The fourth-order valence-corrected chi connectivity index (χ4v) is 4.10. The lowest BCUT2D eigenvalue weighted by molar-refractivity contribution is 0.0761. The van der Waals surface area contributed by atoms with Crippen LogP contribution in [-0.2, 0) is 0 Å². The Morgan fingerprint density at radius 3 is 2.48 bits per heavy atom. The third-order valence-electron chi connectivity index (χ3n) is 5.58. The molecule has 0 amide bonds. The van der Waals surface area contributed by atoms with E-state index in [-0.39, 0.29) is 17.6 Å². The van der Waals surface area contributed by atoms with Crippen LogP contribution in [0.1, 0.15) is 48.2 Å². The fourth-order valence-electron chi connectivity index (χ4n) is 4.10. The number of hydrogen-bond donors (Lipinski definition) is 0. The Morgan fingerprint density at radius 1 is 1.17 bits per heavy atom. The van der Waals surface area contributed by atoms with Gasteiger partial charge in [-0.3, -0.25) is 9.69 Å². The molecule has 0 radical (unpaired) electrons. The summed E-state index contributed by atoms with van der Waals surface area (Å²) in [6.07, 6.45) is 2.64. The van der Waals surface area contributed by atoms with Crippen molar-refractivity contribution in [3.63, 3.8) is 0 Å². The van der Waals surface area contributed by atoms with E-state index in [0.717, 1.165) is 49.0 Å². The normalized spacial score (nSPS) is 16.2. The van der Waals surface area contributed by atoms with Gasteiger partial charge in [-0.1, -0.05) is 24.2 Å². The van der Waals surface area contributed by atoms with Gasteiger partial charge in [0.1, 0.15) is 5.82 Å². The molecule has 3 aromatic rings. The van der Waals surface area contributed by atoms with Gasteiger partial charge in [0.05, 0.1) is 11.7 Å². The maximum absolute atomic E-state index is 13.1. The third kappa shape index (κ3) is 4.46. The highest BCUT2D eigenvalue weighted by Crippen LogP contribution is 2.33. The molecule has 4 nitrogen and oxygen atoms in total. The average Bonchev–Trinajstić information content (AvgIpc) is 3.21. The Hall–Kier alpha value is -2.79. The smallest absolute Gasteiger partial charge is 0.179 e. The van der Waals surface area contributed by atoms with Crippen LogP contribution >= 0.6 is 0 Å². The maximum atomic E-state index is 13.1. The highest BCUT2D eigenvalue weighted by atomic mass is 19.1. The summed E-state index contributed by atoms with van der Waals surface area (Å²) in [6, 6.07) is 13.6. The first-order valence-corrected chi connectivity index (χ1v) is 10.1. The average molecular weight is 394 g/mol. The standard InChI is InChI=1S/C22H23FN2O2.C2H4/c1-2-19(22(26)16-7-9-17(23)10-8-16)25-13-11-15(12-14-25)21-18-5-3-4-6-20(18)27-24-21;1-2/h3-10,15,19H,2,11-14H2,1H3;1-2H2. The van der Waals surface area contributed by atoms with E-state index in [1.165, 1.54) is 12.1 Å². The second kappa shape index (κ2) is 9.61. The molecular formula is C24H27FN2O2. The van der Waals surface area contributed by atoms with Crippen LogP contribution in [0, 0.1) is 5.82 Å². The van der Waals surface area contributed by atoms with Gasteiger partial charge in [-0.25, -0.2) is 4.39 Å². The highest BCUT2D eigenvalue weighted by molar-refractivity contribution is 6.00. The first kappa shape index (κ1) is 20.9. The minimum absolute atomic E-state index is 0.0721. The van der Waals surface area contributed by atoms with Crippen molar-refractivity contribution < 1.29 is 13.7 Å². The molecule has 1 aromatic heterocycles. The number of benzene rings is 2. The molecule has 0 aliphatic carbocycles. The number of hydrogen-bond acceptors (Lipinski definition) is 4. The van der Waals surface area contributed by atoms with Gasteiger partial charge in [-0.2, -0.15) is 0 Å². The van der Waals surface area contributed by atoms with Crippen LogP contribution in [-0.4, -0.2) is 35.0 Å². The van der Waals surface area contributed by atoms with Crippen molar-refractivity contribution in [1.29, 1.82) is 0 Å². The molecule has 1 atom stereocenters. The van der Waals surface area contributed by atoms with Gasteiger partial charge in [0.25, 0.3) is 0 Å². The topological polar surface area (TPSA) is 46.3 Å². The second-order valence-corrected chi connectivity index (χ2v) is 7.17. The van der Waals surface area contributed by atoms with Crippen LogP contribution in [0.5, 0.6) is 0 Å². The molecule has 0 N–H and O–H groups in total. The molecule has 2 heterocycles. The predicted octanol–water partition coefficient (Wildman–Crippen LogP) is 5.61. The number of para-hydroxylation sites is 1. The molecular weight excluding hydrogens is 367 g/mol.